The number of benzene rings is 3. The third kappa shape index (κ3) is 7.25. The van der Waals surface area contributed by atoms with Crippen molar-refractivity contribution >= 4 is 62.0 Å². The van der Waals surface area contributed by atoms with E-state index in [2.05, 4.69) is 26.7 Å². The zero-order valence-electron chi connectivity index (χ0n) is 23.5. The van der Waals surface area contributed by atoms with Crippen LogP contribution in [0.2, 0.25) is 5.02 Å². The Hall–Kier alpha value is -5.04. The number of aromatic nitrogens is 2. The van der Waals surface area contributed by atoms with E-state index in [4.69, 9.17) is 16.3 Å². The fourth-order valence-electron chi connectivity index (χ4n) is 4.02. The van der Waals surface area contributed by atoms with E-state index < -0.39 is 5.41 Å². The molecule has 0 saturated carbocycles. The molecule has 0 spiro atoms. The van der Waals surface area contributed by atoms with Gasteiger partial charge in [-0.15, -0.1) is 0 Å². The molecule has 10 heteroatoms. The van der Waals surface area contributed by atoms with Crippen LogP contribution in [0.1, 0.15) is 40.9 Å². The highest BCUT2D eigenvalue weighted by Crippen LogP contribution is 2.31. The summed E-state index contributed by atoms with van der Waals surface area (Å²) in [6.45, 7) is 5.51. The molecular formula is C33H26ClN5O3S. The molecule has 0 fully saturated rings. The smallest absolute Gasteiger partial charge is 0.255 e. The van der Waals surface area contributed by atoms with Crippen LogP contribution in [0.15, 0.2) is 84.9 Å². The molecular weight excluding hydrogens is 582 g/mol. The summed E-state index contributed by atoms with van der Waals surface area (Å²) in [5, 5.41) is 16.2. The highest BCUT2D eigenvalue weighted by Gasteiger charge is 2.21. The van der Waals surface area contributed by atoms with Gasteiger partial charge in [0.2, 0.25) is 11.8 Å². The predicted molar refractivity (Wildman–Crippen MR) is 171 cm³/mol. The molecule has 3 aromatic carbocycles. The fourth-order valence-corrected chi connectivity index (χ4v) is 4.98. The minimum absolute atomic E-state index is 0.299. The number of carbonyl (C=O) groups is 2. The number of hydrogen-bond acceptors (Lipinski definition) is 7. The lowest BCUT2D eigenvalue weighted by atomic mass is 9.85. The van der Waals surface area contributed by atoms with Crippen LogP contribution in [0.3, 0.4) is 0 Å². The third-order valence-corrected chi connectivity index (χ3v) is 7.68. The normalized spacial score (nSPS) is 11.3. The number of fused-ring (bicyclic) bond motifs is 1. The number of rotatable bonds is 8. The quantitative estimate of drug-likeness (QED) is 0.172. The molecule has 2 heterocycles. The first kappa shape index (κ1) is 29.5. The van der Waals surface area contributed by atoms with Crippen molar-refractivity contribution in [2.24, 2.45) is 0 Å². The van der Waals surface area contributed by atoms with Gasteiger partial charge in [0.25, 0.3) is 5.91 Å². The van der Waals surface area contributed by atoms with Crippen molar-refractivity contribution in [1.82, 2.24) is 9.97 Å². The molecule has 2 aromatic heterocycles. The van der Waals surface area contributed by atoms with E-state index >= 15 is 0 Å². The monoisotopic (exact) mass is 607 g/mol. The first-order valence-electron chi connectivity index (χ1n) is 13.2. The number of ether oxygens (including phenoxy) is 1. The van der Waals surface area contributed by atoms with Gasteiger partial charge >= 0.3 is 0 Å². The minimum atomic E-state index is -0.714. The summed E-state index contributed by atoms with van der Waals surface area (Å²) in [6, 6.07) is 25.3. The lowest BCUT2D eigenvalue weighted by Crippen LogP contribution is -2.17. The molecule has 2 amide bonds. The van der Waals surface area contributed by atoms with Gasteiger partial charge in [-0.3, -0.25) is 14.9 Å². The topological polar surface area (TPSA) is 117 Å². The van der Waals surface area contributed by atoms with Crippen molar-refractivity contribution in [1.29, 1.82) is 5.26 Å². The highest BCUT2D eigenvalue weighted by molar-refractivity contribution is 7.22. The van der Waals surface area contributed by atoms with Gasteiger partial charge in [-0.25, -0.2) is 9.97 Å². The Morgan fingerprint density at radius 2 is 1.79 bits per heavy atom. The standard InChI is InChI=1S/C33H26ClN5O3S/c1-20-7-13-25(36-30(41)22-5-4-6-23(17-22)33(2,3)19-35)18-27(20)42-29-16-14-26-31(39-29)43-32(37-26)38-28(40)15-10-21-8-11-24(34)12-9-21/h4-18H,1-3H3,(H,36,41)(H,37,38,40). The van der Waals surface area contributed by atoms with Crippen LogP contribution in [0.25, 0.3) is 16.4 Å². The predicted octanol–water partition coefficient (Wildman–Crippen LogP) is 8.15. The summed E-state index contributed by atoms with van der Waals surface area (Å²) >= 11 is 7.13. The molecule has 0 saturated heterocycles. The maximum Gasteiger partial charge on any atom is 0.255 e. The van der Waals surface area contributed by atoms with E-state index in [0.717, 1.165) is 16.7 Å². The second-order valence-electron chi connectivity index (χ2n) is 10.2. The van der Waals surface area contributed by atoms with Crippen LogP contribution in [-0.4, -0.2) is 21.8 Å². The molecule has 5 aromatic rings. The highest BCUT2D eigenvalue weighted by atomic mass is 35.5. The van der Waals surface area contributed by atoms with Crippen LogP contribution in [0, 0.1) is 18.3 Å². The molecule has 0 atom stereocenters. The van der Waals surface area contributed by atoms with Crippen molar-refractivity contribution in [2.75, 3.05) is 10.6 Å². The van der Waals surface area contributed by atoms with Crippen molar-refractivity contribution in [3.63, 3.8) is 0 Å². The largest absolute Gasteiger partial charge is 0.439 e. The van der Waals surface area contributed by atoms with Crippen LogP contribution >= 0.6 is 22.9 Å². The molecule has 0 aliphatic heterocycles. The first-order valence-corrected chi connectivity index (χ1v) is 14.4. The molecule has 2 N–H and O–H groups in total. The number of nitriles is 1. The Morgan fingerprint density at radius 1 is 1.00 bits per heavy atom. The van der Waals surface area contributed by atoms with Gasteiger partial charge in [-0.05, 0) is 79.9 Å². The van der Waals surface area contributed by atoms with Crippen LogP contribution < -0.4 is 15.4 Å². The van der Waals surface area contributed by atoms with Crippen molar-refractivity contribution in [3.05, 3.63) is 112 Å². The number of amides is 2. The molecule has 5 rings (SSSR count). The van der Waals surface area contributed by atoms with Crippen LogP contribution in [0.5, 0.6) is 11.6 Å². The van der Waals surface area contributed by atoms with E-state index in [0.29, 0.717) is 43.4 Å². The molecule has 43 heavy (non-hydrogen) atoms. The van der Waals surface area contributed by atoms with E-state index in [9.17, 15) is 14.9 Å². The second-order valence-corrected chi connectivity index (χ2v) is 11.6. The number of halogens is 1. The van der Waals surface area contributed by atoms with Crippen LogP contribution in [-0.2, 0) is 10.2 Å². The lowest BCUT2D eigenvalue weighted by Gasteiger charge is -2.16. The molecule has 8 nitrogen and oxygen atoms in total. The number of thiazole rings is 1. The Labute approximate surface area is 257 Å². The third-order valence-electron chi connectivity index (χ3n) is 6.54. The Kier molecular flexibility index (Phi) is 8.53. The zero-order chi connectivity index (χ0) is 30.6. The first-order chi connectivity index (χ1) is 20.6. The van der Waals surface area contributed by atoms with E-state index in [-0.39, 0.29) is 11.8 Å². The number of pyridine rings is 1. The van der Waals surface area contributed by atoms with E-state index in [1.807, 2.05) is 45.0 Å². The summed E-state index contributed by atoms with van der Waals surface area (Å²) in [5.41, 5.74) is 3.36. The zero-order valence-corrected chi connectivity index (χ0v) is 25.1. The maximum absolute atomic E-state index is 13.0. The van der Waals surface area contributed by atoms with Crippen LogP contribution in [0.4, 0.5) is 10.8 Å². The van der Waals surface area contributed by atoms with Gasteiger partial charge in [0.15, 0.2) is 5.13 Å². The molecule has 0 unspecified atom stereocenters. The fraction of sp³-hybridized carbons (Fsp3) is 0.121. The number of aryl methyl sites for hydroxylation is 1. The minimum Gasteiger partial charge on any atom is -0.439 e. The summed E-state index contributed by atoms with van der Waals surface area (Å²) in [4.78, 5) is 35.0. The Bertz CT molecular complexity index is 1910. The van der Waals surface area contributed by atoms with Gasteiger partial charge in [-0.2, -0.15) is 5.26 Å². The van der Waals surface area contributed by atoms with Gasteiger partial charge < -0.3 is 10.1 Å². The van der Waals surface area contributed by atoms with Gasteiger partial charge in [0.05, 0.1) is 11.5 Å². The number of carbonyl (C=O) groups excluding carboxylic acids is 2. The van der Waals surface area contributed by atoms with Gasteiger partial charge in [0, 0.05) is 34.5 Å². The second kappa shape index (κ2) is 12.4. The average molecular weight is 608 g/mol. The molecule has 0 aliphatic carbocycles. The summed E-state index contributed by atoms with van der Waals surface area (Å²) in [7, 11) is 0. The van der Waals surface area contributed by atoms with Crippen molar-refractivity contribution in [2.45, 2.75) is 26.2 Å². The summed E-state index contributed by atoms with van der Waals surface area (Å²) in [6.07, 6.45) is 3.12. The molecule has 0 aliphatic rings. The molecule has 0 bridgehead atoms. The van der Waals surface area contributed by atoms with Crippen molar-refractivity contribution < 1.29 is 14.3 Å². The summed E-state index contributed by atoms with van der Waals surface area (Å²) < 4.78 is 6.08. The number of nitrogens with zero attached hydrogens (tertiary/aromatic N) is 3. The number of hydrogen-bond donors (Lipinski definition) is 2. The van der Waals surface area contributed by atoms with Gasteiger partial charge in [-0.1, -0.05) is 53.3 Å². The summed E-state index contributed by atoms with van der Waals surface area (Å²) in [5.74, 6) is 0.247. The van der Waals surface area contributed by atoms with E-state index in [1.54, 1.807) is 60.7 Å². The molecule has 214 valence electrons. The SMILES string of the molecule is Cc1ccc(NC(=O)c2cccc(C(C)(C)C#N)c2)cc1Oc1ccc2nc(NC(=O)C=Cc3ccc(Cl)cc3)sc2n1. The van der Waals surface area contributed by atoms with E-state index in [1.165, 1.54) is 17.4 Å². The Morgan fingerprint density at radius 3 is 2.56 bits per heavy atom. The Balaban J connectivity index is 1.27. The van der Waals surface area contributed by atoms with Gasteiger partial charge in [0.1, 0.15) is 16.1 Å². The lowest BCUT2D eigenvalue weighted by molar-refractivity contribution is -0.111. The maximum atomic E-state index is 13.0. The number of anilines is 2. The van der Waals surface area contributed by atoms with Crippen molar-refractivity contribution in [3.8, 4) is 17.7 Å². The average Bonchev–Trinajstić information content (AvgIpc) is 3.40. The molecule has 0 radical (unpaired) electrons. The number of nitrogens with one attached hydrogen (secondary N) is 2.